The third-order valence-electron chi connectivity index (χ3n) is 5.66. The summed E-state index contributed by atoms with van der Waals surface area (Å²) < 4.78 is 0. The number of aliphatic carboxylic acids is 1. The summed E-state index contributed by atoms with van der Waals surface area (Å²) in [5, 5.41) is 9.13. The second-order valence-electron chi connectivity index (χ2n) is 7.41. The summed E-state index contributed by atoms with van der Waals surface area (Å²) in [7, 11) is 2.14. The third kappa shape index (κ3) is 4.42. The summed E-state index contributed by atoms with van der Waals surface area (Å²) in [5.74, 6) is -0.508. The number of piperidine rings is 1. The number of carbonyl (C=O) groups excluding carboxylic acids is 1. The molecule has 2 aliphatic rings. The zero-order valence-corrected chi connectivity index (χ0v) is 16.4. The topological polar surface area (TPSA) is 77.0 Å². The molecule has 0 aromatic carbocycles. The number of piperazine rings is 1. The molecule has 2 saturated heterocycles. The molecule has 0 bridgehead atoms. The molecule has 3 heterocycles. The Balaban J connectivity index is 1.69. The molecule has 3 rings (SSSR count). The van der Waals surface area contributed by atoms with Gasteiger partial charge in [0.2, 0.25) is 0 Å². The van der Waals surface area contributed by atoms with Crippen molar-refractivity contribution in [1.29, 1.82) is 0 Å². The fourth-order valence-electron chi connectivity index (χ4n) is 4.08. The molecule has 144 valence electrons. The van der Waals surface area contributed by atoms with E-state index in [1.54, 1.807) is 5.51 Å². The van der Waals surface area contributed by atoms with Crippen LogP contribution in [-0.2, 0) is 4.79 Å². The third-order valence-corrected chi connectivity index (χ3v) is 6.57. The number of carbonyl (C=O) groups is 2. The minimum atomic E-state index is -0.760. The smallest absolute Gasteiger partial charge is 0.303 e. The van der Waals surface area contributed by atoms with E-state index in [2.05, 4.69) is 21.8 Å². The van der Waals surface area contributed by atoms with Crippen LogP contribution >= 0.6 is 11.3 Å². The number of rotatable bonds is 5. The summed E-state index contributed by atoms with van der Waals surface area (Å²) in [6.07, 6.45) is 1.70. The van der Waals surface area contributed by atoms with Crippen LogP contribution < -0.4 is 0 Å². The zero-order chi connectivity index (χ0) is 18.7. The van der Waals surface area contributed by atoms with Gasteiger partial charge in [-0.2, -0.15) is 0 Å². The lowest BCUT2D eigenvalue weighted by Gasteiger charge is -2.46. The van der Waals surface area contributed by atoms with Gasteiger partial charge in [-0.3, -0.25) is 14.5 Å². The van der Waals surface area contributed by atoms with Crippen molar-refractivity contribution in [2.24, 2.45) is 5.92 Å². The number of hydrogen-bond donors (Lipinski definition) is 1. The molecule has 7 nitrogen and oxygen atoms in total. The second-order valence-corrected chi connectivity index (χ2v) is 8.26. The first-order valence-corrected chi connectivity index (χ1v) is 10.2. The Bertz CT molecular complexity index is 642. The first-order valence-electron chi connectivity index (χ1n) is 9.29. The maximum absolute atomic E-state index is 12.9. The molecule has 2 aliphatic heterocycles. The number of likely N-dealkylation sites (N-methyl/N-ethyl adjacent to an activating group) is 1. The Morgan fingerprint density at radius 1 is 1.27 bits per heavy atom. The van der Waals surface area contributed by atoms with Crippen LogP contribution in [0.3, 0.4) is 0 Å². The molecule has 26 heavy (non-hydrogen) atoms. The van der Waals surface area contributed by atoms with Crippen molar-refractivity contribution in [2.45, 2.75) is 32.2 Å². The number of carboxylic acid groups (broad SMARTS) is 1. The first-order chi connectivity index (χ1) is 12.5. The molecule has 0 aliphatic carbocycles. The normalized spacial score (nSPS) is 25.4. The molecule has 1 aromatic rings. The van der Waals surface area contributed by atoms with Gasteiger partial charge in [-0.05, 0) is 32.7 Å². The molecule has 2 atom stereocenters. The van der Waals surface area contributed by atoms with E-state index >= 15 is 0 Å². The molecular formula is C18H28N4O3S. The SMILES string of the molecule is Cc1ncsc1C(=O)N1CC[C@H](N2CCN(C)CC2)[C@H](CCC(=O)O)C1. The minimum absolute atomic E-state index is 0.0437. The Kier molecular flexibility index (Phi) is 6.26. The van der Waals surface area contributed by atoms with Gasteiger partial charge in [-0.15, -0.1) is 11.3 Å². The number of nitrogens with zero attached hydrogens (tertiary/aromatic N) is 4. The van der Waals surface area contributed by atoms with E-state index in [1.807, 2.05) is 11.8 Å². The fourth-order valence-corrected chi connectivity index (χ4v) is 4.85. The fraction of sp³-hybridized carbons (Fsp3) is 0.722. The number of amides is 1. The summed E-state index contributed by atoms with van der Waals surface area (Å²) in [6, 6.07) is 0.370. The number of thiazole rings is 1. The van der Waals surface area contributed by atoms with Crippen LogP contribution in [0.4, 0.5) is 0 Å². The van der Waals surface area contributed by atoms with E-state index in [0.29, 0.717) is 23.9 Å². The van der Waals surface area contributed by atoms with Crippen LogP contribution in [0.25, 0.3) is 0 Å². The monoisotopic (exact) mass is 380 g/mol. The highest BCUT2D eigenvalue weighted by molar-refractivity contribution is 7.11. The largest absolute Gasteiger partial charge is 0.481 e. The zero-order valence-electron chi connectivity index (χ0n) is 15.6. The average molecular weight is 381 g/mol. The van der Waals surface area contributed by atoms with Crippen molar-refractivity contribution in [2.75, 3.05) is 46.3 Å². The minimum Gasteiger partial charge on any atom is -0.481 e. The molecular weight excluding hydrogens is 352 g/mol. The van der Waals surface area contributed by atoms with Crippen LogP contribution in [0.15, 0.2) is 5.51 Å². The predicted molar refractivity (Wildman–Crippen MR) is 101 cm³/mol. The molecule has 0 unspecified atom stereocenters. The van der Waals surface area contributed by atoms with Gasteiger partial charge in [0.05, 0.1) is 11.2 Å². The molecule has 8 heteroatoms. The lowest BCUT2D eigenvalue weighted by molar-refractivity contribution is -0.137. The summed E-state index contributed by atoms with van der Waals surface area (Å²) >= 11 is 1.39. The summed E-state index contributed by atoms with van der Waals surface area (Å²) in [5.41, 5.74) is 2.49. The molecule has 1 amide bonds. The van der Waals surface area contributed by atoms with Gasteiger partial charge in [0.25, 0.3) is 5.91 Å². The van der Waals surface area contributed by atoms with Crippen molar-refractivity contribution in [3.8, 4) is 0 Å². The molecule has 0 spiro atoms. The van der Waals surface area contributed by atoms with Gasteiger partial charge in [0, 0.05) is 51.7 Å². The predicted octanol–water partition coefficient (Wildman–Crippen LogP) is 1.39. The van der Waals surface area contributed by atoms with Gasteiger partial charge in [0.1, 0.15) is 4.88 Å². The number of aromatic nitrogens is 1. The van der Waals surface area contributed by atoms with E-state index in [9.17, 15) is 9.59 Å². The first kappa shape index (κ1) is 19.3. The van der Waals surface area contributed by atoms with Crippen molar-refractivity contribution in [3.63, 3.8) is 0 Å². The highest BCUT2D eigenvalue weighted by atomic mass is 32.1. The van der Waals surface area contributed by atoms with Crippen molar-refractivity contribution in [3.05, 3.63) is 16.1 Å². The van der Waals surface area contributed by atoms with E-state index in [4.69, 9.17) is 5.11 Å². The molecule has 1 aromatic heterocycles. The molecule has 0 saturated carbocycles. The molecule has 0 radical (unpaired) electrons. The van der Waals surface area contributed by atoms with Crippen LogP contribution in [0.2, 0.25) is 0 Å². The van der Waals surface area contributed by atoms with Crippen LogP contribution in [-0.4, -0.2) is 89.0 Å². The highest BCUT2D eigenvalue weighted by Crippen LogP contribution is 2.29. The highest BCUT2D eigenvalue weighted by Gasteiger charge is 2.36. The Morgan fingerprint density at radius 2 is 2.00 bits per heavy atom. The van der Waals surface area contributed by atoms with Crippen molar-refractivity contribution in [1.82, 2.24) is 19.7 Å². The number of aryl methyl sites for hydroxylation is 1. The Labute approximate surface area is 158 Å². The van der Waals surface area contributed by atoms with Crippen molar-refractivity contribution < 1.29 is 14.7 Å². The number of carboxylic acids is 1. The molecule has 1 N–H and O–H groups in total. The Hall–Kier alpha value is -1.51. The summed E-state index contributed by atoms with van der Waals surface area (Å²) in [6.45, 7) is 7.37. The van der Waals surface area contributed by atoms with Gasteiger partial charge in [-0.25, -0.2) is 4.98 Å². The standard InChI is InChI=1S/C18H28N4O3S/c1-13-17(26-12-19-13)18(25)22-6-5-15(14(11-22)3-4-16(23)24)21-9-7-20(2)8-10-21/h12,14-15H,3-11H2,1-2H3,(H,23,24)/t14-,15+/m1/s1. The Morgan fingerprint density at radius 3 is 2.62 bits per heavy atom. The lowest BCUT2D eigenvalue weighted by atomic mass is 9.86. The number of hydrogen-bond acceptors (Lipinski definition) is 6. The number of likely N-dealkylation sites (tertiary alicyclic amines) is 1. The van der Waals surface area contributed by atoms with E-state index in [1.165, 1.54) is 11.3 Å². The van der Waals surface area contributed by atoms with Gasteiger partial charge < -0.3 is 14.9 Å². The average Bonchev–Trinajstić information content (AvgIpc) is 3.06. The van der Waals surface area contributed by atoms with Gasteiger partial charge >= 0.3 is 5.97 Å². The maximum atomic E-state index is 12.9. The van der Waals surface area contributed by atoms with E-state index in [0.717, 1.165) is 44.8 Å². The van der Waals surface area contributed by atoms with E-state index < -0.39 is 5.97 Å². The quantitative estimate of drug-likeness (QED) is 0.832. The lowest BCUT2D eigenvalue weighted by Crippen LogP contribution is -2.57. The van der Waals surface area contributed by atoms with Crippen LogP contribution in [0.1, 0.15) is 34.6 Å². The van der Waals surface area contributed by atoms with Crippen LogP contribution in [0.5, 0.6) is 0 Å². The summed E-state index contributed by atoms with van der Waals surface area (Å²) in [4.78, 5) is 35.6. The molecule has 2 fully saturated rings. The maximum Gasteiger partial charge on any atom is 0.303 e. The van der Waals surface area contributed by atoms with Crippen molar-refractivity contribution >= 4 is 23.2 Å². The van der Waals surface area contributed by atoms with E-state index in [-0.39, 0.29) is 18.2 Å². The van der Waals surface area contributed by atoms with Gasteiger partial charge in [0.15, 0.2) is 0 Å². The van der Waals surface area contributed by atoms with Gasteiger partial charge in [-0.1, -0.05) is 0 Å². The second kappa shape index (κ2) is 8.45. The van der Waals surface area contributed by atoms with Crippen LogP contribution in [0, 0.1) is 12.8 Å².